The van der Waals surface area contributed by atoms with Crippen molar-refractivity contribution in [2.45, 2.75) is 6.04 Å². The number of nitrogens with one attached hydrogen (secondary N) is 2. The minimum atomic E-state index is -0.615. The summed E-state index contributed by atoms with van der Waals surface area (Å²) >= 11 is 1.63. The van der Waals surface area contributed by atoms with E-state index in [4.69, 9.17) is 4.74 Å². The van der Waals surface area contributed by atoms with E-state index >= 15 is 0 Å². The van der Waals surface area contributed by atoms with Crippen LogP contribution in [0.2, 0.25) is 0 Å². The van der Waals surface area contributed by atoms with E-state index in [1.165, 1.54) is 7.05 Å². The number of carbonyl (C=O) groups excluding carboxylic acids is 2. The molecule has 0 saturated carbocycles. The summed E-state index contributed by atoms with van der Waals surface area (Å²) in [4.78, 5) is 25.1. The van der Waals surface area contributed by atoms with Crippen LogP contribution in [-0.4, -0.2) is 56.6 Å². The number of amides is 2. The maximum absolute atomic E-state index is 11.6. The van der Waals surface area contributed by atoms with E-state index in [1.807, 2.05) is 5.38 Å². The maximum atomic E-state index is 11.6. The molecule has 6 nitrogen and oxygen atoms in total. The van der Waals surface area contributed by atoms with Crippen molar-refractivity contribution in [1.82, 2.24) is 15.5 Å². The fraction of sp³-hybridized carbons (Fsp3) is 0.538. The molecular weight excluding hydrogens is 278 g/mol. The molecule has 1 unspecified atom stereocenters. The summed E-state index contributed by atoms with van der Waals surface area (Å²) in [5, 5.41) is 9.10. The van der Waals surface area contributed by atoms with Crippen molar-refractivity contribution in [1.29, 1.82) is 0 Å². The third-order valence-corrected chi connectivity index (χ3v) is 4.01. The second kappa shape index (κ2) is 7.37. The van der Waals surface area contributed by atoms with Gasteiger partial charge >= 0.3 is 11.8 Å². The first kappa shape index (κ1) is 15.0. The second-order valence-corrected chi connectivity index (χ2v) is 5.29. The summed E-state index contributed by atoms with van der Waals surface area (Å²) < 4.78 is 5.36. The van der Waals surface area contributed by atoms with Crippen LogP contribution < -0.4 is 10.6 Å². The number of rotatable bonds is 4. The third-order valence-electron chi connectivity index (χ3n) is 3.30. The van der Waals surface area contributed by atoms with Gasteiger partial charge in [-0.2, -0.15) is 11.3 Å². The molecule has 1 atom stereocenters. The van der Waals surface area contributed by atoms with Crippen LogP contribution in [0, 0.1) is 0 Å². The van der Waals surface area contributed by atoms with E-state index in [0.29, 0.717) is 19.8 Å². The molecule has 1 aliphatic rings. The van der Waals surface area contributed by atoms with Gasteiger partial charge in [-0.25, -0.2) is 0 Å². The molecule has 1 saturated heterocycles. The number of nitrogens with zero attached hydrogens (tertiary/aromatic N) is 1. The van der Waals surface area contributed by atoms with Gasteiger partial charge < -0.3 is 15.4 Å². The highest BCUT2D eigenvalue weighted by Crippen LogP contribution is 2.23. The van der Waals surface area contributed by atoms with Gasteiger partial charge in [-0.3, -0.25) is 14.5 Å². The van der Waals surface area contributed by atoms with Crippen molar-refractivity contribution in [3.63, 3.8) is 0 Å². The van der Waals surface area contributed by atoms with Crippen molar-refractivity contribution >= 4 is 23.2 Å². The lowest BCUT2D eigenvalue weighted by molar-refractivity contribution is -0.139. The minimum absolute atomic E-state index is 0.0822. The molecule has 1 aromatic rings. The molecule has 2 rings (SSSR count). The van der Waals surface area contributed by atoms with Crippen LogP contribution in [0.3, 0.4) is 0 Å². The average molecular weight is 297 g/mol. The average Bonchev–Trinajstić information content (AvgIpc) is 3.01. The number of likely N-dealkylation sites (N-methyl/N-ethyl adjacent to an activating group) is 1. The molecule has 0 aromatic carbocycles. The molecule has 0 aliphatic carbocycles. The molecule has 20 heavy (non-hydrogen) atoms. The predicted molar refractivity (Wildman–Crippen MR) is 76.5 cm³/mol. The molecule has 0 radical (unpaired) electrons. The fourth-order valence-corrected chi connectivity index (χ4v) is 2.90. The quantitative estimate of drug-likeness (QED) is 0.767. The second-order valence-electron chi connectivity index (χ2n) is 4.51. The minimum Gasteiger partial charge on any atom is -0.379 e. The smallest absolute Gasteiger partial charge is 0.309 e. The zero-order chi connectivity index (χ0) is 14.4. The number of hydrogen-bond donors (Lipinski definition) is 2. The monoisotopic (exact) mass is 297 g/mol. The molecule has 2 amide bonds. The molecule has 0 spiro atoms. The van der Waals surface area contributed by atoms with Gasteiger partial charge in [0.1, 0.15) is 0 Å². The Morgan fingerprint density at radius 1 is 1.40 bits per heavy atom. The number of thiophene rings is 1. The van der Waals surface area contributed by atoms with Gasteiger partial charge in [0, 0.05) is 26.7 Å². The summed E-state index contributed by atoms with van der Waals surface area (Å²) in [6, 6.07) is 2.13. The number of carbonyl (C=O) groups is 2. The van der Waals surface area contributed by atoms with Gasteiger partial charge in [0.25, 0.3) is 0 Å². The first-order valence-corrected chi connectivity index (χ1v) is 7.50. The van der Waals surface area contributed by atoms with E-state index in [1.54, 1.807) is 11.3 Å². The maximum Gasteiger partial charge on any atom is 0.309 e. The van der Waals surface area contributed by atoms with E-state index in [2.05, 4.69) is 27.0 Å². The summed E-state index contributed by atoms with van der Waals surface area (Å²) in [5.74, 6) is -1.21. The van der Waals surface area contributed by atoms with Crippen molar-refractivity contribution < 1.29 is 14.3 Å². The standard InChI is InChI=1S/C13H19N3O3S/c1-14-12(17)13(18)15-8-11(10-2-7-20-9-10)16-3-5-19-6-4-16/h2,7,9,11H,3-6,8H2,1H3,(H,14,17)(H,15,18). The van der Waals surface area contributed by atoms with Crippen LogP contribution in [0.15, 0.2) is 16.8 Å². The largest absolute Gasteiger partial charge is 0.379 e. The van der Waals surface area contributed by atoms with Crippen LogP contribution in [0.5, 0.6) is 0 Å². The highest BCUT2D eigenvalue weighted by molar-refractivity contribution is 7.07. The Hall–Kier alpha value is -1.44. The lowest BCUT2D eigenvalue weighted by atomic mass is 10.1. The molecule has 1 aliphatic heterocycles. The van der Waals surface area contributed by atoms with Crippen molar-refractivity contribution in [3.05, 3.63) is 22.4 Å². The first-order chi connectivity index (χ1) is 9.72. The fourth-order valence-electron chi connectivity index (χ4n) is 2.19. The number of morpholine rings is 1. The first-order valence-electron chi connectivity index (χ1n) is 6.56. The summed E-state index contributed by atoms with van der Waals surface area (Å²) in [5.41, 5.74) is 1.16. The Balaban J connectivity index is 1.99. The molecule has 1 aromatic heterocycles. The van der Waals surface area contributed by atoms with Gasteiger partial charge in [0.2, 0.25) is 0 Å². The number of ether oxygens (including phenoxy) is 1. The highest BCUT2D eigenvalue weighted by Gasteiger charge is 2.24. The highest BCUT2D eigenvalue weighted by atomic mass is 32.1. The molecule has 110 valence electrons. The van der Waals surface area contributed by atoms with E-state index in [0.717, 1.165) is 18.7 Å². The third kappa shape index (κ3) is 3.78. The molecular formula is C13H19N3O3S. The summed E-state index contributed by atoms with van der Waals surface area (Å²) in [6.45, 7) is 3.48. The Morgan fingerprint density at radius 2 is 2.15 bits per heavy atom. The van der Waals surface area contributed by atoms with Crippen LogP contribution in [0.25, 0.3) is 0 Å². The van der Waals surface area contributed by atoms with Gasteiger partial charge in [-0.1, -0.05) is 0 Å². The van der Waals surface area contributed by atoms with Gasteiger partial charge in [-0.15, -0.1) is 0 Å². The Bertz CT molecular complexity index is 444. The predicted octanol–water partition coefficient (Wildman–Crippen LogP) is -0.0164. The van der Waals surface area contributed by atoms with Crippen molar-refractivity contribution in [2.75, 3.05) is 39.9 Å². The van der Waals surface area contributed by atoms with Gasteiger partial charge in [0.05, 0.1) is 19.3 Å². The molecule has 0 bridgehead atoms. The van der Waals surface area contributed by atoms with E-state index in [-0.39, 0.29) is 6.04 Å². The van der Waals surface area contributed by atoms with Crippen molar-refractivity contribution in [2.24, 2.45) is 0 Å². The Labute approximate surface area is 122 Å². The summed E-state index contributed by atoms with van der Waals surface area (Å²) in [6.07, 6.45) is 0. The SMILES string of the molecule is CNC(=O)C(=O)NCC(c1ccsc1)N1CCOCC1. The summed E-state index contributed by atoms with van der Waals surface area (Å²) in [7, 11) is 1.44. The van der Waals surface area contributed by atoms with E-state index < -0.39 is 11.8 Å². The lowest BCUT2D eigenvalue weighted by Gasteiger charge is -2.34. The Kier molecular flexibility index (Phi) is 5.51. The topological polar surface area (TPSA) is 70.7 Å². The van der Waals surface area contributed by atoms with Gasteiger partial charge in [0.15, 0.2) is 0 Å². The molecule has 2 N–H and O–H groups in total. The zero-order valence-corrected chi connectivity index (χ0v) is 12.2. The molecule has 2 heterocycles. The lowest BCUT2D eigenvalue weighted by Crippen LogP contribution is -2.46. The van der Waals surface area contributed by atoms with Crippen LogP contribution in [0.1, 0.15) is 11.6 Å². The molecule has 1 fully saturated rings. The zero-order valence-electron chi connectivity index (χ0n) is 11.4. The Morgan fingerprint density at radius 3 is 2.75 bits per heavy atom. The van der Waals surface area contributed by atoms with E-state index in [9.17, 15) is 9.59 Å². The van der Waals surface area contributed by atoms with Crippen molar-refractivity contribution in [3.8, 4) is 0 Å². The van der Waals surface area contributed by atoms with Crippen LogP contribution in [-0.2, 0) is 14.3 Å². The molecule has 7 heteroatoms. The number of hydrogen-bond acceptors (Lipinski definition) is 5. The van der Waals surface area contributed by atoms with Gasteiger partial charge in [-0.05, 0) is 22.4 Å². The normalized spacial score (nSPS) is 17.4. The van der Waals surface area contributed by atoms with Crippen LogP contribution >= 0.6 is 11.3 Å². The van der Waals surface area contributed by atoms with Crippen LogP contribution in [0.4, 0.5) is 0 Å².